The van der Waals surface area contributed by atoms with E-state index >= 15 is 0 Å². The fourth-order valence-corrected chi connectivity index (χ4v) is 2.06. The molecule has 0 bridgehead atoms. The Morgan fingerprint density at radius 1 is 1.48 bits per heavy atom. The molecule has 114 valence electrons. The van der Waals surface area contributed by atoms with Gasteiger partial charge in [-0.25, -0.2) is 9.78 Å². The molecule has 0 aliphatic rings. The van der Waals surface area contributed by atoms with Crippen molar-refractivity contribution < 1.29 is 13.9 Å². The van der Waals surface area contributed by atoms with Crippen molar-refractivity contribution in [1.29, 1.82) is 0 Å². The van der Waals surface area contributed by atoms with Crippen molar-refractivity contribution in [2.75, 3.05) is 6.61 Å². The Kier molecular flexibility index (Phi) is 4.45. The molecule has 0 aliphatic carbocycles. The van der Waals surface area contributed by atoms with Gasteiger partial charge in [0.05, 0.1) is 24.1 Å². The van der Waals surface area contributed by atoms with Crippen molar-refractivity contribution in [2.45, 2.75) is 34.1 Å². The number of hydrogen-bond donors (Lipinski definition) is 0. The summed E-state index contributed by atoms with van der Waals surface area (Å²) in [6, 6.07) is 0. The average Bonchev–Trinajstić information content (AvgIpc) is 2.95. The van der Waals surface area contributed by atoms with Crippen LogP contribution in [0.4, 0.5) is 0 Å². The predicted octanol–water partition coefficient (Wildman–Crippen LogP) is 2.76. The molecule has 2 rings (SSSR count). The first-order valence-electron chi connectivity index (χ1n) is 7.09. The number of hydrogen-bond acceptors (Lipinski definition) is 5. The topological polar surface area (TPSA) is 70.2 Å². The summed E-state index contributed by atoms with van der Waals surface area (Å²) in [6.45, 7) is 8.14. The highest BCUT2D eigenvalue weighted by molar-refractivity contribution is 5.88. The maximum atomic E-state index is 12.0. The zero-order chi connectivity index (χ0) is 15.6. The van der Waals surface area contributed by atoms with E-state index in [4.69, 9.17) is 9.15 Å². The van der Waals surface area contributed by atoms with Crippen LogP contribution in [0.25, 0.3) is 11.5 Å². The highest BCUT2D eigenvalue weighted by Crippen LogP contribution is 2.26. The quantitative estimate of drug-likeness (QED) is 0.792. The van der Waals surface area contributed by atoms with Gasteiger partial charge < -0.3 is 9.15 Å². The highest BCUT2D eigenvalue weighted by Gasteiger charge is 2.24. The molecule has 6 heteroatoms. The number of nitrogens with zero attached hydrogens (tertiary/aromatic N) is 3. The Labute approximate surface area is 124 Å². The standard InChI is InChI=1S/C15H21N3O3/c1-6-20-15(19)13-12(7-9(2)3)17-14(21-13)11-8-16-18(5)10(11)4/h8-9H,6-7H2,1-5H3. The Hall–Kier alpha value is -2.11. The van der Waals surface area contributed by atoms with Gasteiger partial charge in [-0.1, -0.05) is 13.8 Å². The first-order valence-corrected chi connectivity index (χ1v) is 7.09. The maximum Gasteiger partial charge on any atom is 0.376 e. The van der Waals surface area contributed by atoms with Gasteiger partial charge in [-0.2, -0.15) is 5.10 Å². The largest absolute Gasteiger partial charge is 0.460 e. The van der Waals surface area contributed by atoms with Crippen LogP contribution >= 0.6 is 0 Å². The zero-order valence-corrected chi connectivity index (χ0v) is 13.1. The summed E-state index contributed by atoms with van der Waals surface area (Å²) in [5, 5.41) is 4.17. The lowest BCUT2D eigenvalue weighted by Crippen LogP contribution is -2.08. The number of esters is 1. The van der Waals surface area contributed by atoms with Crippen molar-refractivity contribution >= 4 is 5.97 Å². The third-order valence-electron chi connectivity index (χ3n) is 3.23. The second kappa shape index (κ2) is 6.11. The number of aryl methyl sites for hydroxylation is 1. The number of aromatic nitrogens is 3. The second-order valence-corrected chi connectivity index (χ2v) is 5.38. The predicted molar refractivity (Wildman–Crippen MR) is 77.9 cm³/mol. The Morgan fingerprint density at radius 2 is 2.19 bits per heavy atom. The summed E-state index contributed by atoms with van der Waals surface area (Å²) < 4.78 is 12.5. The van der Waals surface area contributed by atoms with E-state index in [2.05, 4.69) is 23.9 Å². The summed E-state index contributed by atoms with van der Waals surface area (Å²) in [4.78, 5) is 16.5. The normalized spacial score (nSPS) is 11.1. The van der Waals surface area contributed by atoms with Crippen molar-refractivity contribution in [3.63, 3.8) is 0 Å². The maximum absolute atomic E-state index is 12.0. The third-order valence-corrected chi connectivity index (χ3v) is 3.23. The molecule has 0 saturated heterocycles. The summed E-state index contributed by atoms with van der Waals surface area (Å²) in [6.07, 6.45) is 2.35. The lowest BCUT2D eigenvalue weighted by Gasteiger charge is -2.02. The van der Waals surface area contributed by atoms with Gasteiger partial charge in [0.15, 0.2) is 0 Å². The molecule has 0 amide bonds. The number of carbonyl (C=O) groups is 1. The monoisotopic (exact) mass is 291 g/mol. The molecule has 0 N–H and O–H groups in total. The van der Waals surface area contributed by atoms with E-state index < -0.39 is 5.97 Å². The molecule has 0 aromatic carbocycles. The van der Waals surface area contributed by atoms with E-state index in [0.29, 0.717) is 30.5 Å². The van der Waals surface area contributed by atoms with Crippen LogP contribution in [0, 0.1) is 12.8 Å². The fraction of sp³-hybridized carbons (Fsp3) is 0.533. The number of ether oxygens (including phenoxy) is 1. The molecule has 2 heterocycles. The van der Waals surface area contributed by atoms with Gasteiger partial charge in [0, 0.05) is 12.7 Å². The van der Waals surface area contributed by atoms with Gasteiger partial charge in [-0.3, -0.25) is 4.68 Å². The minimum absolute atomic E-state index is 0.198. The van der Waals surface area contributed by atoms with E-state index in [0.717, 1.165) is 11.3 Å². The molecule has 2 aromatic rings. The van der Waals surface area contributed by atoms with Crippen LogP contribution in [0.3, 0.4) is 0 Å². The molecule has 0 radical (unpaired) electrons. The van der Waals surface area contributed by atoms with E-state index in [9.17, 15) is 4.79 Å². The summed E-state index contributed by atoms with van der Waals surface area (Å²) >= 11 is 0. The van der Waals surface area contributed by atoms with Gasteiger partial charge in [0.1, 0.15) is 0 Å². The van der Waals surface area contributed by atoms with Gasteiger partial charge in [0.2, 0.25) is 11.7 Å². The van der Waals surface area contributed by atoms with Crippen molar-refractivity contribution in [2.24, 2.45) is 13.0 Å². The van der Waals surface area contributed by atoms with Crippen LogP contribution in [0.5, 0.6) is 0 Å². The van der Waals surface area contributed by atoms with Gasteiger partial charge in [-0.05, 0) is 26.2 Å². The smallest absolute Gasteiger partial charge is 0.376 e. The van der Waals surface area contributed by atoms with E-state index in [1.54, 1.807) is 17.8 Å². The Morgan fingerprint density at radius 3 is 2.71 bits per heavy atom. The Bertz CT molecular complexity index is 641. The number of rotatable bonds is 5. The second-order valence-electron chi connectivity index (χ2n) is 5.38. The van der Waals surface area contributed by atoms with Gasteiger partial charge in [0.25, 0.3) is 0 Å². The van der Waals surface area contributed by atoms with Crippen molar-refractivity contribution in [3.8, 4) is 11.5 Å². The third kappa shape index (κ3) is 3.15. The molecular weight excluding hydrogens is 270 g/mol. The number of oxazole rings is 1. The van der Waals surface area contributed by atoms with Crippen LogP contribution in [-0.2, 0) is 18.2 Å². The Balaban J connectivity index is 2.44. The van der Waals surface area contributed by atoms with E-state index in [-0.39, 0.29) is 5.76 Å². The molecule has 2 aromatic heterocycles. The highest BCUT2D eigenvalue weighted by atomic mass is 16.5. The molecule has 0 fully saturated rings. The lowest BCUT2D eigenvalue weighted by molar-refractivity contribution is 0.0489. The zero-order valence-electron chi connectivity index (χ0n) is 13.1. The van der Waals surface area contributed by atoms with Crippen LogP contribution in [0.2, 0.25) is 0 Å². The molecular formula is C15H21N3O3. The van der Waals surface area contributed by atoms with Gasteiger partial charge in [-0.15, -0.1) is 0 Å². The first-order chi connectivity index (χ1) is 9.93. The molecule has 0 unspecified atom stereocenters. The van der Waals surface area contributed by atoms with Crippen LogP contribution in [0.1, 0.15) is 42.7 Å². The summed E-state index contributed by atoms with van der Waals surface area (Å²) in [5.74, 6) is 0.516. The number of carbonyl (C=O) groups excluding carboxylic acids is 1. The van der Waals surface area contributed by atoms with Crippen LogP contribution in [0.15, 0.2) is 10.6 Å². The summed E-state index contributed by atoms with van der Waals surface area (Å²) in [7, 11) is 1.85. The molecule has 0 atom stereocenters. The van der Waals surface area contributed by atoms with Gasteiger partial charge >= 0.3 is 5.97 Å². The van der Waals surface area contributed by atoms with Crippen LogP contribution in [-0.4, -0.2) is 27.3 Å². The SMILES string of the molecule is CCOC(=O)c1oc(-c2cnn(C)c2C)nc1CC(C)C. The fourth-order valence-electron chi connectivity index (χ4n) is 2.06. The molecule has 0 saturated carbocycles. The van der Waals surface area contributed by atoms with E-state index in [1.165, 1.54) is 0 Å². The summed E-state index contributed by atoms with van der Waals surface area (Å²) in [5.41, 5.74) is 2.36. The first kappa shape index (κ1) is 15.3. The molecule has 21 heavy (non-hydrogen) atoms. The average molecular weight is 291 g/mol. The van der Waals surface area contributed by atoms with Crippen LogP contribution < -0.4 is 0 Å². The molecule has 6 nitrogen and oxygen atoms in total. The van der Waals surface area contributed by atoms with E-state index in [1.807, 2.05) is 14.0 Å². The minimum Gasteiger partial charge on any atom is -0.460 e. The van der Waals surface area contributed by atoms with Crippen molar-refractivity contribution in [1.82, 2.24) is 14.8 Å². The van der Waals surface area contributed by atoms with Crippen molar-refractivity contribution in [3.05, 3.63) is 23.3 Å². The molecule has 0 spiro atoms. The lowest BCUT2D eigenvalue weighted by atomic mass is 10.1. The minimum atomic E-state index is -0.464. The molecule has 0 aliphatic heterocycles.